The molecule has 0 radical (unpaired) electrons. The van der Waals surface area contributed by atoms with Crippen molar-refractivity contribution in [3.63, 3.8) is 0 Å². The van der Waals surface area contributed by atoms with E-state index in [0.717, 1.165) is 44.0 Å². The lowest BCUT2D eigenvalue weighted by Crippen LogP contribution is -2.49. The van der Waals surface area contributed by atoms with Crippen LogP contribution in [0.25, 0.3) is 0 Å². The van der Waals surface area contributed by atoms with Gasteiger partial charge in [0.15, 0.2) is 11.5 Å². The topological polar surface area (TPSA) is 68.8 Å². The second-order valence-electron chi connectivity index (χ2n) is 8.78. The van der Waals surface area contributed by atoms with Crippen molar-refractivity contribution >= 4 is 18.3 Å². The first kappa shape index (κ1) is 20.8. The van der Waals surface area contributed by atoms with Gasteiger partial charge in [0.05, 0.1) is 6.04 Å². The Labute approximate surface area is 178 Å². The van der Waals surface area contributed by atoms with Crippen molar-refractivity contribution < 1.29 is 19.0 Å². The first-order chi connectivity index (χ1) is 13.7. The number of nitrogens with one attached hydrogen (secondary N) is 2. The van der Waals surface area contributed by atoms with Crippen LogP contribution in [0, 0.1) is 5.92 Å². The highest BCUT2D eigenvalue weighted by molar-refractivity contribution is 5.85. The summed E-state index contributed by atoms with van der Waals surface area (Å²) in [7, 11) is 0. The van der Waals surface area contributed by atoms with Crippen molar-refractivity contribution in [1.82, 2.24) is 10.6 Å². The van der Waals surface area contributed by atoms with Crippen LogP contribution in [0.5, 0.6) is 11.5 Å². The summed E-state index contributed by atoms with van der Waals surface area (Å²) in [5, 5.41) is 6.88. The molecule has 6 nitrogen and oxygen atoms in total. The fourth-order valence-corrected chi connectivity index (χ4v) is 5.46. The van der Waals surface area contributed by atoms with Crippen LogP contribution in [0.2, 0.25) is 0 Å². The molecule has 0 bridgehead atoms. The van der Waals surface area contributed by atoms with Gasteiger partial charge in [0.1, 0.15) is 0 Å². The van der Waals surface area contributed by atoms with Gasteiger partial charge in [0, 0.05) is 31.2 Å². The van der Waals surface area contributed by atoms with Crippen molar-refractivity contribution in [1.29, 1.82) is 0 Å². The van der Waals surface area contributed by atoms with E-state index in [1.54, 1.807) is 0 Å². The Balaban J connectivity index is 0.00000205. The summed E-state index contributed by atoms with van der Waals surface area (Å²) in [5.41, 5.74) is 1.09. The summed E-state index contributed by atoms with van der Waals surface area (Å²) in [6, 6.07) is 6.69. The Morgan fingerprint density at radius 3 is 2.76 bits per heavy atom. The minimum atomic E-state index is -0.111. The van der Waals surface area contributed by atoms with E-state index in [1.165, 1.54) is 31.2 Å². The van der Waals surface area contributed by atoms with Crippen LogP contribution in [-0.2, 0) is 14.9 Å². The molecule has 2 saturated heterocycles. The van der Waals surface area contributed by atoms with Crippen molar-refractivity contribution in [3.8, 4) is 11.5 Å². The first-order valence-corrected chi connectivity index (χ1v) is 10.8. The summed E-state index contributed by atoms with van der Waals surface area (Å²) in [5.74, 6) is 2.43. The summed E-state index contributed by atoms with van der Waals surface area (Å²) in [6.07, 6.45) is 7.86. The van der Waals surface area contributed by atoms with Gasteiger partial charge in [0.2, 0.25) is 12.7 Å². The summed E-state index contributed by atoms with van der Waals surface area (Å²) in [4.78, 5) is 12.9. The molecular formula is C22H31ClN2O4. The molecule has 0 spiro atoms. The minimum absolute atomic E-state index is 0. The zero-order valence-electron chi connectivity index (χ0n) is 16.8. The summed E-state index contributed by atoms with van der Waals surface area (Å²) >= 11 is 0. The molecule has 3 heterocycles. The van der Waals surface area contributed by atoms with Crippen molar-refractivity contribution in [3.05, 3.63) is 23.8 Å². The number of rotatable bonds is 4. The highest BCUT2D eigenvalue weighted by Crippen LogP contribution is 2.40. The first-order valence-electron chi connectivity index (χ1n) is 10.8. The molecule has 4 aliphatic rings. The number of hydrogen-bond acceptors (Lipinski definition) is 5. The SMILES string of the molecule is Cl.O=C(NCC1(c2ccc3c(c2)OCO3)CCOCC1)C1CC2CCCCC2N1. The molecule has 5 rings (SSSR count). The van der Waals surface area contributed by atoms with E-state index in [9.17, 15) is 4.79 Å². The van der Waals surface area contributed by atoms with Crippen LogP contribution >= 0.6 is 12.4 Å². The second kappa shape index (κ2) is 8.70. The normalized spacial score (nSPS) is 29.6. The van der Waals surface area contributed by atoms with Crippen LogP contribution in [0.15, 0.2) is 18.2 Å². The number of halogens is 1. The molecule has 1 aromatic rings. The predicted octanol–water partition coefficient (Wildman–Crippen LogP) is 2.92. The van der Waals surface area contributed by atoms with Crippen LogP contribution in [0.1, 0.15) is 50.5 Å². The number of benzene rings is 1. The number of amides is 1. The maximum atomic E-state index is 12.9. The van der Waals surface area contributed by atoms with Gasteiger partial charge in [0.25, 0.3) is 0 Å². The van der Waals surface area contributed by atoms with Gasteiger partial charge in [-0.3, -0.25) is 4.79 Å². The highest BCUT2D eigenvalue weighted by Gasteiger charge is 2.40. The number of fused-ring (bicyclic) bond motifs is 2. The van der Waals surface area contributed by atoms with Gasteiger partial charge >= 0.3 is 0 Å². The van der Waals surface area contributed by atoms with Gasteiger partial charge in [-0.1, -0.05) is 18.9 Å². The molecular weight excluding hydrogens is 392 g/mol. The minimum Gasteiger partial charge on any atom is -0.454 e. The number of hydrogen-bond donors (Lipinski definition) is 2. The van der Waals surface area contributed by atoms with Crippen LogP contribution in [0.4, 0.5) is 0 Å². The average molecular weight is 423 g/mol. The molecule has 29 heavy (non-hydrogen) atoms. The third-order valence-corrected chi connectivity index (χ3v) is 7.22. The molecule has 160 valence electrons. The van der Waals surface area contributed by atoms with E-state index in [1.807, 2.05) is 6.07 Å². The maximum absolute atomic E-state index is 12.9. The molecule has 3 atom stereocenters. The van der Waals surface area contributed by atoms with Crippen LogP contribution in [0.3, 0.4) is 0 Å². The van der Waals surface area contributed by atoms with E-state index < -0.39 is 0 Å². The quantitative estimate of drug-likeness (QED) is 0.780. The smallest absolute Gasteiger partial charge is 0.237 e. The second-order valence-corrected chi connectivity index (χ2v) is 8.78. The standard InChI is InChI=1S/C22H30N2O4.ClH/c25-21(18-11-15-3-1-2-4-17(15)24-18)23-13-22(7-9-26-10-8-22)16-5-6-19-20(12-16)28-14-27-19;/h5-6,12,15,17-18,24H,1-4,7-11,13-14H2,(H,23,25);1H. The largest absolute Gasteiger partial charge is 0.454 e. The molecule has 3 unspecified atom stereocenters. The molecule has 0 aromatic heterocycles. The van der Waals surface area contributed by atoms with Crippen LogP contribution in [-0.4, -0.2) is 44.5 Å². The highest BCUT2D eigenvalue weighted by atomic mass is 35.5. The zero-order chi connectivity index (χ0) is 19.0. The molecule has 1 aromatic carbocycles. The Morgan fingerprint density at radius 1 is 1.14 bits per heavy atom. The third-order valence-electron chi connectivity index (χ3n) is 7.22. The van der Waals surface area contributed by atoms with Crippen molar-refractivity contribution in [2.75, 3.05) is 26.6 Å². The molecule has 1 aliphatic carbocycles. The van der Waals surface area contributed by atoms with Crippen molar-refractivity contribution in [2.45, 2.75) is 62.4 Å². The Kier molecular flexibility index (Phi) is 6.23. The number of carbonyl (C=O) groups is 1. The summed E-state index contributed by atoms with van der Waals surface area (Å²) in [6.45, 7) is 2.36. The van der Waals surface area contributed by atoms with Gasteiger partial charge < -0.3 is 24.8 Å². The molecule has 7 heteroatoms. The van der Waals surface area contributed by atoms with Gasteiger partial charge in [-0.2, -0.15) is 0 Å². The number of ether oxygens (including phenoxy) is 3. The maximum Gasteiger partial charge on any atom is 0.237 e. The lowest BCUT2D eigenvalue weighted by atomic mass is 9.74. The van der Waals surface area contributed by atoms with E-state index >= 15 is 0 Å². The van der Waals surface area contributed by atoms with Crippen LogP contribution < -0.4 is 20.1 Å². The lowest BCUT2D eigenvalue weighted by molar-refractivity contribution is -0.123. The zero-order valence-corrected chi connectivity index (χ0v) is 17.6. The summed E-state index contributed by atoms with van der Waals surface area (Å²) < 4.78 is 16.7. The van der Waals surface area contributed by atoms with E-state index in [2.05, 4.69) is 22.8 Å². The molecule has 1 saturated carbocycles. The Bertz CT molecular complexity index is 724. The molecule has 3 fully saturated rings. The Morgan fingerprint density at radius 2 is 1.93 bits per heavy atom. The fourth-order valence-electron chi connectivity index (χ4n) is 5.46. The average Bonchev–Trinajstić information content (AvgIpc) is 3.39. The molecule has 3 aliphatic heterocycles. The molecule has 2 N–H and O–H groups in total. The van der Waals surface area contributed by atoms with E-state index in [4.69, 9.17) is 14.2 Å². The predicted molar refractivity (Wildman–Crippen MR) is 112 cm³/mol. The number of carbonyl (C=O) groups excluding carboxylic acids is 1. The van der Waals surface area contributed by atoms with Gasteiger partial charge in [-0.05, 0) is 55.7 Å². The fraction of sp³-hybridized carbons (Fsp3) is 0.682. The van der Waals surface area contributed by atoms with E-state index in [-0.39, 0.29) is 36.6 Å². The third kappa shape index (κ3) is 4.07. The van der Waals surface area contributed by atoms with Crippen molar-refractivity contribution in [2.24, 2.45) is 5.92 Å². The van der Waals surface area contributed by atoms with Gasteiger partial charge in [-0.15, -0.1) is 12.4 Å². The molecule has 1 amide bonds. The Hall–Kier alpha value is -1.50. The van der Waals surface area contributed by atoms with Gasteiger partial charge in [-0.25, -0.2) is 0 Å². The monoisotopic (exact) mass is 422 g/mol. The lowest BCUT2D eigenvalue weighted by Gasteiger charge is -2.38. The van der Waals surface area contributed by atoms with E-state index in [0.29, 0.717) is 18.5 Å².